The molecule has 0 atom stereocenters. The van der Waals surface area contributed by atoms with Crippen LogP contribution in [0.15, 0.2) is 58.3 Å². The lowest BCUT2D eigenvalue weighted by Gasteiger charge is -1.95. The summed E-state index contributed by atoms with van der Waals surface area (Å²) in [5, 5.41) is 6.06. The molecule has 0 saturated carbocycles. The summed E-state index contributed by atoms with van der Waals surface area (Å²) in [6.45, 7) is 3.68. The molecule has 11 heteroatoms. The van der Waals surface area contributed by atoms with Crippen molar-refractivity contribution < 1.29 is 25.9 Å². The van der Waals surface area contributed by atoms with Gasteiger partial charge in [0, 0.05) is 0 Å². The van der Waals surface area contributed by atoms with Crippen molar-refractivity contribution in [1.82, 2.24) is 0 Å². The van der Waals surface area contributed by atoms with Crippen LogP contribution in [0.4, 0.5) is 0 Å². The lowest BCUT2D eigenvalue weighted by molar-refractivity contribution is 0.481. The van der Waals surface area contributed by atoms with E-state index in [4.69, 9.17) is 14.5 Å². The average Bonchev–Trinajstić information content (AvgIpc) is 2.46. The molecule has 7 N–H and O–H groups in total. The molecule has 2 rings (SSSR count). The van der Waals surface area contributed by atoms with Crippen molar-refractivity contribution >= 4 is 26.2 Å². The summed E-state index contributed by atoms with van der Waals surface area (Å²) >= 11 is 0. The van der Waals surface area contributed by atoms with Crippen LogP contribution in [0.25, 0.3) is 0 Å². The van der Waals surface area contributed by atoms with Crippen LogP contribution >= 0.6 is 0 Å². The molecule has 0 spiro atoms. The maximum atomic E-state index is 10.5. The molecule has 0 radical (unpaired) electrons. The van der Waals surface area contributed by atoms with E-state index in [1.807, 2.05) is 13.8 Å². The molecule has 0 heterocycles. The third-order valence-electron chi connectivity index (χ3n) is 2.64. The van der Waals surface area contributed by atoms with Gasteiger partial charge in [-0.3, -0.25) is 14.5 Å². The summed E-state index contributed by atoms with van der Waals surface area (Å²) in [6.07, 6.45) is 0. The quantitative estimate of drug-likeness (QED) is 0.282. The number of guanidine groups is 1. The van der Waals surface area contributed by atoms with Crippen LogP contribution in [0.5, 0.6) is 0 Å². The molecule has 0 unspecified atom stereocenters. The first-order valence-electron chi connectivity index (χ1n) is 6.91. The summed E-state index contributed by atoms with van der Waals surface area (Å²) in [4.78, 5) is -0.133. The molecule has 0 aromatic heterocycles. The van der Waals surface area contributed by atoms with E-state index in [0.29, 0.717) is 0 Å². The molecule has 2 aromatic rings. The molecular weight excluding hydrogens is 382 g/mol. The predicted molar refractivity (Wildman–Crippen MR) is 98.1 cm³/mol. The van der Waals surface area contributed by atoms with Gasteiger partial charge in [-0.25, -0.2) is 0 Å². The van der Waals surface area contributed by atoms with Gasteiger partial charge in [-0.2, -0.15) is 16.8 Å². The van der Waals surface area contributed by atoms with Gasteiger partial charge in [-0.1, -0.05) is 35.4 Å². The fourth-order valence-corrected chi connectivity index (χ4v) is 2.38. The van der Waals surface area contributed by atoms with Gasteiger partial charge in [0.25, 0.3) is 20.2 Å². The summed E-state index contributed by atoms with van der Waals surface area (Å²) in [5.74, 6) is -0.333. The molecule has 0 aliphatic heterocycles. The van der Waals surface area contributed by atoms with E-state index >= 15 is 0 Å². The molecule has 0 aliphatic rings. The van der Waals surface area contributed by atoms with E-state index in [9.17, 15) is 16.8 Å². The minimum absolute atomic E-state index is 0.0666. The number of hydrogen-bond acceptors (Lipinski definition) is 5. The molecule has 144 valence electrons. The van der Waals surface area contributed by atoms with Crippen LogP contribution in [-0.2, 0) is 20.2 Å². The Morgan fingerprint density at radius 3 is 1.08 bits per heavy atom. The minimum atomic E-state index is -4.02. The molecule has 0 aliphatic carbocycles. The highest BCUT2D eigenvalue weighted by Gasteiger charge is 2.07. The smallest absolute Gasteiger partial charge is 0.294 e. The normalized spacial score (nSPS) is 10.6. The zero-order valence-electron chi connectivity index (χ0n) is 14.1. The first kappa shape index (κ1) is 23.5. The summed E-state index contributed by atoms with van der Waals surface area (Å²) < 4.78 is 59.1. The van der Waals surface area contributed by atoms with Gasteiger partial charge in [0.1, 0.15) is 0 Å². The van der Waals surface area contributed by atoms with E-state index < -0.39 is 20.2 Å². The van der Waals surface area contributed by atoms with Crippen molar-refractivity contribution in [1.29, 1.82) is 5.41 Å². The molecule has 0 bridgehead atoms. The topological polar surface area (TPSA) is 185 Å². The highest BCUT2D eigenvalue weighted by molar-refractivity contribution is 7.86. The molecule has 0 fully saturated rings. The Morgan fingerprint density at radius 1 is 0.731 bits per heavy atom. The van der Waals surface area contributed by atoms with Crippen molar-refractivity contribution in [2.75, 3.05) is 0 Å². The van der Waals surface area contributed by atoms with Crippen LogP contribution in [0.2, 0.25) is 0 Å². The summed E-state index contributed by atoms with van der Waals surface area (Å²) in [6, 6.07) is 12.0. The Bertz CT molecular complexity index is 845. The van der Waals surface area contributed by atoms with Crippen molar-refractivity contribution in [3.05, 3.63) is 59.7 Å². The predicted octanol–water partition coefficient (Wildman–Crippen LogP) is 1.32. The van der Waals surface area contributed by atoms with Crippen LogP contribution in [0, 0.1) is 19.3 Å². The fourth-order valence-electron chi connectivity index (χ4n) is 1.42. The Kier molecular flexibility index (Phi) is 8.93. The largest absolute Gasteiger partial charge is 0.370 e. The van der Waals surface area contributed by atoms with Gasteiger partial charge in [0.05, 0.1) is 9.79 Å². The van der Waals surface area contributed by atoms with Gasteiger partial charge in [-0.05, 0) is 38.1 Å². The summed E-state index contributed by atoms with van der Waals surface area (Å²) in [5.41, 5.74) is 10.9. The lowest BCUT2D eigenvalue weighted by Crippen LogP contribution is -2.20. The first-order valence-corrected chi connectivity index (χ1v) is 9.79. The number of hydrogen-bond donors (Lipinski definition) is 5. The average molecular weight is 403 g/mol. The van der Waals surface area contributed by atoms with Crippen molar-refractivity contribution in [2.24, 2.45) is 11.5 Å². The molecule has 26 heavy (non-hydrogen) atoms. The number of nitrogens with two attached hydrogens (primary N) is 2. The minimum Gasteiger partial charge on any atom is -0.370 e. The molecule has 0 saturated heterocycles. The molecular formula is C15H21N3O6S2. The fraction of sp³-hybridized carbons (Fsp3) is 0.133. The van der Waals surface area contributed by atoms with Crippen molar-refractivity contribution in [3.63, 3.8) is 0 Å². The SMILES string of the molecule is Cc1ccc(S(=O)(=O)O)cc1.Cc1ccc(S(=O)(=O)O)cc1.N=C(N)N. The van der Waals surface area contributed by atoms with Gasteiger partial charge in [0.15, 0.2) is 5.96 Å². The zero-order valence-corrected chi connectivity index (χ0v) is 15.8. The Balaban J connectivity index is 0.000000401. The lowest BCUT2D eigenvalue weighted by atomic mass is 10.2. The maximum Gasteiger partial charge on any atom is 0.294 e. The Hall–Kier alpha value is -2.47. The third kappa shape index (κ3) is 10.4. The Labute approximate surface area is 152 Å². The van der Waals surface area contributed by atoms with Crippen LogP contribution < -0.4 is 11.5 Å². The number of benzene rings is 2. The van der Waals surface area contributed by atoms with Crippen LogP contribution in [0.3, 0.4) is 0 Å². The van der Waals surface area contributed by atoms with E-state index in [-0.39, 0.29) is 15.8 Å². The molecule has 0 amide bonds. The molecule has 2 aromatic carbocycles. The van der Waals surface area contributed by atoms with Gasteiger partial charge in [-0.15, -0.1) is 0 Å². The van der Waals surface area contributed by atoms with Crippen molar-refractivity contribution in [3.8, 4) is 0 Å². The second kappa shape index (κ2) is 9.87. The third-order valence-corrected chi connectivity index (χ3v) is 4.37. The Morgan fingerprint density at radius 2 is 0.923 bits per heavy atom. The monoisotopic (exact) mass is 403 g/mol. The van der Waals surface area contributed by atoms with Crippen molar-refractivity contribution in [2.45, 2.75) is 23.6 Å². The van der Waals surface area contributed by atoms with E-state index in [0.717, 1.165) is 11.1 Å². The maximum absolute atomic E-state index is 10.5. The van der Waals surface area contributed by atoms with E-state index in [2.05, 4.69) is 11.5 Å². The second-order valence-corrected chi connectivity index (χ2v) is 7.87. The van der Waals surface area contributed by atoms with Gasteiger partial charge >= 0.3 is 0 Å². The highest BCUT2D eigenvalue weighted by atomic mass is 32.2. The standard InChI is InChI=1S/2C7H8O3S.CH5N3/c2*1-6-2-4-7(5-3-6)11(8,9)10;2-1(3)4/h2*2-5H,1H3,(H,8,9,10);(H5,2,3,4). The van der Waals surface area contributed by atoms with Crippen LogP contribution in [0.1, 0.15) is 11.1 Å². The van der Waals surface area contributed by atoms with Gasteiger partial charge < -0.3 is 11.5 Å². The van der Waals surface area contributed by atoms with E-state index in [1.165, 1.54) is 24.3 Å². The highest BCUT2D eigenvalue weighted by Crippen LogP contribution is 2.09. The van der Waals surface area contributed by atoms with E-state index in [1.54, 1.807) is 24.3 Å². The number of aryl methyl sites for hydroxylation is 2. The first-order chi connectivity index (χ1) is 11.7. The zero-order chi connectivity index (χ0) is 20.5. The number of nitrogens with one attached hydrogen (secondary N) is 1. The van der Waals surface area contributed by atoms with Crippen LogP contribution in [-0.4, -0.2) is 31.9 Å². The second-order valence-electron chi connectivity index (χ2n) is 5.03. The number of rotatable bonds is 2. The summed E-state index contributed by atoms with van der Waals surface area (Å²) in [7, 11) is -8.04. The van der Waals surface area contributed by atoms with Gasteiger partial charge in [0.2, 0.25) is 0 Å². The molecule has 9 nitrogen and oxygen atoms in total.